The Balaban J connectivity index is 0.991. The van der Waals surface area contributed by atoms with E-state index in [2.05, 4.69) is 231 Å². The lowest BCUT2D eigenvalue weighted by molar-refractivity contribution is 0.660. The van der Waals surface area contributed by atoms with Crippen LogP contribution in [0.1, 0.15) is 25.0 Å². The van der Waals surface area contributed by atoms with Gasteiger partial charge >= 0.3 is 0 Å². The highest BCUT2D eigenvalue weighted by molar-refractivity contribution is 6.10. The lowest BCUT2D eigenvalue weighted by Crippen LogP contribution is -2.17. The van der Waals surface area contributed by atoms with Crippen LogP contribution < -0.4 is 4.90 Å². The lowest BCUT2D eigenvalue weighted by Gasteiger charge is -2.29. The fourth-order valence-corrected chi connectivity index (χ4v) is 10.0. The van der Waals surface area contributed by atoms with Gasteiger partial charge in [-0.15, -0.1) is 0 Å². The summed E-state index contributed by atoms with van der Waals surface area (Å²) in [6.07, 6.45) is 0. The van der Waals surface area contributed by atoms with Crippen molar-refractivity contribution >= 4 is 49.8 Å². The number of para-hydroxylation sites is 1. The third-order valence-corrected chi connectivity index (χ3v) is 13.3. The summed E-state index contributed by atoms with van der Waals surface area (Å²) >= 11 is 0. The second-order valence-corrected chi connectivity index (χ2v) is 17.3. The predicted octanol–water partition coefficient (Wildman–Crippen LogP) is 17.2. The van der Waals surface area contributed by atoms with Crippen LogP contribution in [0.5, 0.6) is 0 Å². The van der Waals surface area contributed by atoms with E-state index in [1.807, 2.05) is 12.1 Å². The smallest absolute Gasteiger partial charge is 0.135 e. The summed E-state index contributed by atoms with van der Waals surface area (Å²) in [7, 11) is 0. The monoisotopic (exact) mass is 805 g/mol. The van der Waals surface area contributed by atoms with Crippen molar-refractivity contribution in [1.29, 1.82) is 0 Å². The maximum Gasteiger partial charge on any atom is 0.135 e. The van der Waals surface area contributed by atoms with Gasteiger partial charge in [-0.2, -0.15) is 0 Å². The van der Waals surface area contributed by atoms with Crippen LogP contribution in [0, 0.1) is 0 Å². The van der Waals surface area contributed by atoms with Gasteiger partial charge in [0.1, 0.15) is 11.2 Å². The maximum absolute atomic E-state index is 6.23. The number of fused-ring (bicyclic) bond motifs is 7. The number of furan rings is 1. The predicted molar refractivity (Wildman–Crippen MR) is 265 cm³/mol. The molecule has 1 aromatic heterocycles. The zero-order valence-electron chi connectivity index (χ0n) is 35.2. The van der Waals surface area contributed by atoms with Crippen molar-refractivity contribution in [3.8, 4) is 55.6 Å². The van der Waals surface area contributed by atoms with E-state index in [0.29, 0.717) is 0 Å². The first-order chi connectivity index (χ1) is 31.0. The summed E-state index contributed by atoms with van der Waals surface area (Å²) in [6, 6.07) is 81.7. The van der Waals surface area contributed by atoms with Gasteiger partial charge in [0.2, 0.25) is 0 Å². The Kier molecular flexibility index (Phi) is 8.55. The van der Waals surface area contributed by atoms with E-state index in [9.17, 15) is 0 Å². The van der Waals surface area contributed by atoms with E-state index in [4.69, 9.17) is 4.42 Å². The molecule has 2 nitrogen and oxygen atoms in total. The number of hydrogen-bond acceptors (Lipinski definition) is 2. The first-order valence-electron chi connectivity index (χ1n) is 21.8. The molecule has 298 valence electrons. The molecule has 0 saturated carbocycles. The molecular formula is C61H43NO. The molecule has 63 heavy (non-hydrogen) atoms. The van der Waals surface area contributed by atoms with E-state index in [1.165, 1.54) is 72.0 Å². The Morgan fingerprint density at radius 1 is 0.317 bits per heavy atom. The van der Waals surface area contributed by atoms with E-state index < -0.39 is 0 Å². The molecule has 10 aromatic carbocycles. The molecular weight excluding hydrogens is 763 g/mol. The molecule has 0 radical (unpaired) electrons. The molecule has 11 aromatic rings. The molecule has 1 aliphatic rings. The Bertz CT molecular complexity index is 3510. The molecule has 0 amide bonds. The molecule has 0 atom stereocenters. The molecule has 0 saturated heterocycles. The van der Waals surface area contributed by atoms with Crippen molar-refractivity contribution in [1.82, 2.24) is 0 Å². The van der Waals surface area contributed by atoms with Crippen molar-refractivity contribution in [2.75, 3.05) is 4.90 Å². The second kappa shape index (κ2) is 14.6. The van der Waals surface area contributed by atoms with Gasteiger partial charge in [0.25, 0.3) is 0 Å². The van der Waals surface area contributed by atoms with E-state index >= 15 is 0 Å². The van der Waals surface area contributed by atoms with Crippen LogP contribution in [0.15, 0.2) is 229 Å². The third-order valence-electron chi connectivity index (χ3n) is 13.3. The molecule has 0 fully saturated rings. The van der Waals surface area contributed by atoms with Crippen LogP contribution in [-0.4, -0.2) is 0 Å². The van der Waals surface area contributed by atoms with Crippen molar-refractivity contribution in [2.24, 2.45) is 0 Å². The normalized spacial score (nSPS) is 12.7. The van der Waals surface area contributed by atoms with Crippen molar-refractivity contribution < 1.29 is 4.42 Å². The summed E-state index contributed by atoms with van der Waals surface area (Å²) < 4.78 is 6.23. The van der Waals surface area contributed by atoms with Crippen LogP contribution in [-0.2, 0) is 5.41 Å². The number of rotatable bonds is 7. The minimum Gasteiger partial charge on any atom is -0.456 e. The zero-order chi connectivity index (χ0) is 42.1. The maximum atomic E-state index is 6.23. The molecule has 0 aliphatic heterocycles. The average molecular weight is 806 g/mol. The quantitative estimate of drug-likeness (QED) is 0.160. The fourth-order valence-electron chi connectivity index (χ4n) is 10.0. The summed E-state index contributed by atoms with van der Waals surface area (Å²) in [6.45, 7) is 4.76. The molecule has 2 heteroatoms. The molecule has 0 bridgehead atoms. The number of anilines is 3. The van der Waals surface area contributed by atoms with Crippen LogP contribution in [0.2, 0.25) is 0 Å². The summed E-state index contributed by atoms with van der Waals surface area (Å²) in [5.74, 6) is 0. The van der Waals surface area contributed by atoms with Crippen LogP contribution in [0.3, 0.4) is 0 Å². The first kappa shape index (κ1) is 36.9. The average Bonchev–Trinajstić information content (AvgIpc) is 3.83. The van der Waals surface area contributed by atoms with Crippen molar-refractivity contribution in [3.05, 3.63) is 236 Å². The summed E-state index contributed by atoms with van der Waals surface area (Å²) in [4.78, 5) is 2.45. The van der Waals surface area contributed by atoms with E-state index in [0.717, 1.165) is 44.6 Å². The summed E-state index contributed by atoms with van der Waals surface area (Å²) in [5.41, 5.74) is 19.9. The minimum atomic E-state index is -0.200. The molecule has 0 N–H and O–H groups in total. The summed E-state index contributed by atoms with van der Waals surface area (Å²) in [5, 5.41) is 4.65. The van der Waals surface area contributed by atoms with Gasteiger partial charge in [0, 0.05) is 32.9 Å². The SMILES string of the molecule is CC1(C)c2cc(-c3ccccc3)ccc2-c2ccc(N(c3ccc(-c4ccc(-c5ccccc5)cc4)cc3)c3ccc(-c4ccc5oc6ccccc6c5c4)c4ccccc34)cc21. The Labute approximate surface area is 368 Å². The van der Waals surface area contributed by atoms with Crippen molar-refractivity contribution in [2.45, 2.75) is 19.3 Å². The van der Waals surface area contributed by atoms with E-state index in [-0.39, 0.29) is 5.41 Å². The molecule has 0 spiro atoms. The minimum absolute atomic E-state index is 0.200. The van der Waals surface area contributed by atoms with Gasteiger partial charge in [-0.25, -0.2) is 0 Å². The fraction of sp³-hybridized carbons (Fsp3) is 0.0492. The second-order valence-electron chi connectivity index (χ2n) is 17.3. The van der Waals surface area contributed by atoms with Gasteiger partial charge < -0.3 is 9.32 Å². The largest absolute Gasteiger partial charge is 0.456 e. The van der Waals surface area contributed by atoms with Gasteiger partial charge in [-0.1, -0.05) is 184 Å². The highest BCUT2D eigenvalue weighted by Gasteiger charge is 2.36. The highest BCUT2D eigenvalue weighted by atomic mass is 16.3. The van der Waals surface area contributed by atoms with Crippen molar-refractivity contribution in [3.63, 3.8) is 0 Å². The number of hydrogen-bond donors (Lipinski definition) is 0. The van der Waals surface area contributed by atoms with Crippen LogP contribution in [0.25, 0.3) is 88.3 Å². The standard InChI is InChI=1S/C61H43NO/c1-61(2)56-38-45(41-15-7-4-8-16-41)27-32-51(56)52-33-31-48(39-57(52)61)62(47-29-25-44(26-30-47)43-23-21-42(22-24-43)40-13-5-3-6-14-40)58-35-34-49(50-17-9-10-18-53(50)58)46-28-36-60-55(37-46)54-19-11-12-20-59(54)63-60/h3-39H,1-2H3. The molecule has 12 rings (SSSR count). The molecule has 0 unspecified atom stereocenters. The van der Waals surface area contributed by atoms with Gasteiger partial charge in [-0.3, -0.25) is 0 Å². The van der Waals surface area contributed by atoms with Crippen LogP contribution >= 0.6 is 0 Å². The molecule has 1 aliphatic carbocycles. The first-order valence-corrected chi connectivity index (χ1v) is 21.8. The Hall–Kier alpha value is -7.94. The number of nitrogens with zero attached hydrogens (tertiary/aromatic N) is 1. The molecule has 1 heterocycles. The zero-order valence-corrected chi connectivity index (χ0v) is 35.2. The third kappa shape index (κ3) is 6.17. The van der Waals surface area contributed by atoms with Gasteiger partial charge in [0.15, 0.2) is 0 Å². The van der Waals surface area contributed by atoms with E-state index in [1.54, 1.807) is 0 Å². The Morgan fingerprint density at radius 3 is 1.49 bits per heavy atom. The van der Waals surface area contributed by atoms with Gasteiger partial charge in [-0.05, 0) is 127 Å². The van der Waals surface area contributed by atoms with Gasteiger partial charge in [0.05, 0.1) is 5.69 Å². The number of benzene rings is 10. The lowest BCUT2D eigenvalue weighted by atomic mass is 9.81. The Morgan fingerprint density at radius 2 is 0.794 bits per heavy atom. The highest BCUT2D eigenvalue weighted by Crippen LogP contribution is 2.52. The van der Waals surface area contributed by atoms with Crippen LogP contribution in [0.4, 0.5) is 17.1 Å². The topological polar surface area (TPSA) is 16.4 Å².